The second-order valence-corrected chi connectivity index (χ2v) is 7.14. The first-order valence-corrected chi connectivity index (χ1v) is 8.98. The lowest BCUT2D eigenvalue weighted by Crippen LogP contribution is -2.32. The van der Waals surface area contributed by atoms with E-state index in [2.05, 4.69) is 27.4 Å². The SMILES string of the molecule is O=C(c1ccc(Br)cc1)N(CCc1cccs1)Cc1ccoc1. The van der Waals surface area contributed by atoms with Gasteiger partial charge in [-0.25, -0.2) is 0 Å². The van der Waals surface area contributed by atoms with E-state index in [1.54, 1.807) is 23.9 Å². The zero-order chi connectivity index (χ0) is 16.1. The van der Waals surface area contributed by atoms with E-state index in [1.165, 1.54) is 4.88 Å². The maximum atomic E-state index is 12.8. The topological polar surface area (TPSA) is 33.5 Å². The second-order valence-electron chi connectivity index (χ2n) is 5.19. The summed E-state index contributed by atoms with van der Waals surface area (Å²) in [5.41, 5.74) is 1.70. The summed E-state index contributed by atoms with van der Waals surface area (Å²) in [5, 5.41) is 2.06. The fourth-order valence-electron chi connectivity index (χ4n) is 2.33. The minimum atomic E-state index is 0.0373. The lowest BCUT2D eigenvalue weighted by Gasteiger charge is -2.22. The first-order valence-electron chi connectivity index (χ1n) is 7.30. The van der Waals surface area contributed by atoms with E-state index in [1.807, 2.05) is 41.3 Å². The molecule has 23 heavy (non-hydrogen) atoms. The van der Waals surface area contributed by atoms with Crippen LogP contribution in [0, 0.1) is 0 Å². The van der Waals surface area contributed by atoms with Crippen LogP contribution in [-0.2, 0) is 13.0 Å². The highest BCUT2D eigenvalue weighted by atomic mass is 79.9. The van der Waals surface area contributed by atoms with Gasteiger partial charge in [-0.05, 0) is 48.2 Å². The van der Waals surface area contributed by atoms with Gasteiger partial charge >= 0.3 is 0 Å². The van der Waals surface area contributed by atoms with Crippen LogP contribution in [0.4, 0.5) is 0 Å². The van der Waals surface area contributed by atoms with Crippen molar-refractivity contribution in [3.63, 3.8) is 0 Å². The van der Waals surface area contributed by atoms with Crippen LogP contribution in [-0.4, -0.2) is 17.4 Å². The fraction of sp³-hybridized carbons (Fsp3) is 0.167. The largest absolute Gasteiger partial charge is 0.472 e. The van der Waals surface area contributed by atoms with E-state index >= 15 is 0 Å². The van der Waals surface area contributed by atoms with Crippen molar-refractivity contribution in [2.24, 2.45) is 0 Å². The Kier molecular flexibility index (Phi) is 5.31. The molecule has 0 unspecified atom stereocenters. The molecule has 2 aromatic heterocycles. The summed E-state index contributed by atoms with van der Waals surface area (Å²) in [5.74, 6) is 0.0373. The van der Waals surface area contributed by atoms with E-state index in [9.17, 15) is 4.79 Å². The number of hydrogen-bond acceptors (Lipinski definition) is 3. The van der Waals surface area contributed by atoms with Gasteiger partial charge < -0.3 is 9.32 Å². The Bertz CT molecular complexity index is 736. The minimum Gasteiger partial charge on any atom is -0.472 e. The number of furan rings is 1. The van der Waals surface area contributed by atoms with Gasteiger partial charge in [0.05, 0.1) is 12.5 Å². The van der Waals surface area contributed by atoms with Crippen molar-refractivity contribution in [3.8, 4) is 0 Å². The van der Waals surface area contributed by atoms with Crippen molar-refractivity contribution < 1.29 is 9.21 Å². The molecule has 0 bridgehead atoms. The Hall–Kier alpha value is -1.85. The van der Waals surface area contributed by atoms with E-state index in [-0.39, 0.29) is 5.91 Å². The molecule has 118 valence electrons. The average molecular weight is 390 g/mol. The lowest BCUT2D eigenvalue weighted by atomic mass is 10.1. The number of hydrogen-bond donors (Lipinski definition) is 0. The third-order valence-electron chi connectivity index (χ3n) is 3.54. The van der Waals surface area contributed by atoms with E-state index < -0.39 is 0 Å². The third kappa shape index (κ3) is 4.33. The summed E-state index contributed by atoms with van der Waals surface area (Å²) in [6.45, 7) is 1.23. The number of amides is 1. The van der Waals surface area contributed by atoms with Crippen LogP contribution in [0.15, 0.2) is 69.3 Å². The van der Waals surface area contributed by atoms with Crippen molar-refractivity contribution in [1.82, 2.24) is 4.90 Å². The second kappa shape index (κ2) is 7.62. The number of thiophene rings is 1. The number of carbonyl (C=O) groups excluding carboxylic acids is 1. The van der Waals surface area contributed by atoms with Gasteiger partial charge in [-0.15, -0.1) is 11.3 Å². The summed E-state index contributed by atoms with van der Waals surface area (Å²) in [6, 6.07) is 13.5. The molecule has 1 aromatic carbocycles. The predicted octanol–water partition coefficient (Wildman–Crippen LogP) is 4.99. The quantitative estimate of drug-likeness (QED) is 0.594. The molecule has 5 heteroatoms. The molecular weight excluding hydrogens is 374 g/mol. The van der Waals surface area contributed by atoms with Crippen LogP contribution in [0.5, 0.6) is 0 Å². The van der Waals surface area contributed by atoms with Crippen molar-refractivity contribution in [2.45, 2.75) is 13.0 Å². The number of halogens is 1. The molecule has 0 saturated heterocycles. The summed E-state index contributed by atoms with van der Waals surface area (Å²) in [7, 11) is 0. The van der Waals surface area contributed by atoms with Gasteiger partial charge in [0.2, 0.25) is 0 Å². The molecule has 2 heterocycles. The lowest BCUT2D eigenvalue weighted by molar-refractivity contribution is 0.0745. The van der Waals surface area contributed by atoms with E-state index in [0.29, 0.717) is 18.7 Å². The van der Waals surface area contributed by atoms with Crippen molar-refractivity contribution >= 4 is 33.2 Å². The van der Waals surface area contributed by atoms with Crippen LogP contribution < -0.4 is 0 Å². The first kappa shape index (κ1) is 16.0. The van der Waals surface area contributed by atoms with Crippen LogP contribution in [0.2, 0.25) is 0 Å². The standard InChI is InChI=1S/C18H16BrNO2S/c19-16-5-3-15(4-6-16)18(21)20(12-14-8-10-22-13-14)9-7-17-2-1-11-23-17/h1-6,8,10-11,13H,7,9,12H2. The van der Waals surface area contributed by atoms with Crippen molar-refractivity contribution in [1.29, 1.82) is 0 Å². The molecule has 0 spiro atoms. The zero-order valence-corrected chi connectivity index (χ0v) is 14.8. The third-order valence-corrected chi connectivity index (χ3v) is 5.00. The summed E-state index contributed by atoms with van der Waals surface area (Å²) in [6.07, 6.45) is 4.18. The van der Waals surface area contributed by atoms with Gasteiger partial charge in [0.25, 0.3) is 5.91 Å². The average Bonchev–Trinajstić information content (AvgIpc) is 3.25. The predicted molar refractivity (Wildman–Crippen MR) is 95.6 cm³/mol. The smallest absolute Gasteiger partial charge is 0.254 e. The highest BCUT2D eigenvalue weighted by molar-refractivity contribution is 9.10. The maximum Gasteiger partial charge on any atom is 0.254 e. The van der Waals surface area contributed by atoms with Gasteiger partial charge in [-0.1, -0.05) is 22.0 Å². The molecule has 0 aliphatic heterocycles. The minimum absolute atomic E-state index is 0.0373. The fourth-order valence-corrected chi connectivity index (χ4v) is 3.29. The number of rotatable bonds is 6. The van der Waals surface area contributed by atoms with Gasteiger partial charge in [-0.3, -0.25) is 4.79 Å². The summed E-state index contributed by atoms with van der Waals surface area (Å²) >= 11 is 5.12. The van der Waals surface area contributed by atoms with Crippen LogP contribution in [0.1, 0.15) is 20.8 Å². The zero-order valence-electron chi connectivity index (χ0n) is 12.4. The maximum absolute atomic E-state index is 12.8. The highest BCUT2D eigenvalue weighted by Crippen LogP contribution is 2.16. The van der Waals surface area contributed by atoms with Crippen LogP contribution in [0.25, 0.3) is 0 Å². The van der Waals surface area contributed by atoms with Gasteiger partial charge in [0.1, 0.15) is 0 Å². The Labute approximate surface area is 147 Å². The first-order chi connectivity index (χ1) is 11.2. The van der Waals surface area contributed by atoms with Crippen LogP contribution >= 0.6 is 27.3 Å². The molecule has 0 N–H and O–H groups in total. The number of nitrogens with zero attached hydrogens (tertiary/aromatic N) is 1. The van der Waals surface area contributed by atoms with Crippen molar-refractivity contribution in [2.75, 3.05) is 6.54 Å². The van der Waals surface area contributed by atoms with Gasteiger partial charge in [0, 0.05) is 33.6 Å². The number of benzene rings is 1. The summed E-state index contributed by atoms with van der Waals surface area (Å²) in [4.78, 5) is 16.0. The normalized spacial score (nSPS) is 10.7. The molecule has 3 aromatic rings. The highest BCUT2D eigenvalue weighted by Gasteiger charge is 2.17. The number of carbonyl (C=O) groups is 1. The Morgan fingerprint density at radius 3 is 2.65 bits per heavy atom. The monoisotopic (exact) mass is 389 g/mol. The van der Waals surface area contributed by atoms with E-state index in [0.717, 1.165) is 16.5 Å². The Balaban J connectivity index is 1.75. The molecule has 0 atom stereocenters. The Morgan fingerprint density at radius 2 is 2.00 bits per heavy atom. The molecule has 0 aliphatic rings. The molecule has 0 radical (unpaired) electrons. The Morgan fingerprint density at radius 1 is 1.17 bits per heavy atom. The molecule has 3 rings (SSSR count). The molecule has 1 amide bonds. The van der Waals surface area contributed by atoms with E-state index in [4.69, 9.17) is 4.42 Å². The van der Waals surface area contributed by atoms with Gasteiger partial charge in [-0.2, -0.15) is 0 Å². The molecule has 0 saturated carbocycles. The van der Waals surface area contributed by atoms with Crippen molar-refractivity contribution in [3.05, 3.63) is 80.8 Å². The molecule has 3 nitrogen and oxygen atoms in total. The van der Waals surface area contributed by atoms with Crippen LogP contribution in [0.3, 0.4) is 0 Å². The molecular formula is C18H16BrNO2S. The summed E-state index contributed by atoms with van der Waals surface area (Å²) < 4.78 is 6.09. The van der Waals surface area contributed by atoms with Gasteiger partial charge in [0.15, 0.2) is 0 Å². The molecule has 0 fully saturated rings. The molecule has 0 aliphatic carbocycles.